The normalized spacial score (nSPS) is 11.9. The lowest BCUT2D eigenvalue weighted by atomic mass is 10.1. The molecule has 1 atom stereocenters. The molecule has 1 aromatic heterocycles. The third-order valence-electron chi connectivity index (χ3n) is 2.05. The average Bonchev–Trinajstić information content (AvgIpc) is 2.48. The van der Waals surface area contributed by atoms with Crippen molar-refractivity contribution >= 4 is 17.9 Å². The number of nitrogens with two attached hydrogens (primary N) is 1. The summed E-state index contributed by atoms with van der Waals surface area (Å²) in [5.41, 5.74) is 5.87. The number of aromatic nitrogens is 1. The van der Waals surface area contributed by atoms with Crippen molar-refractivity contribution in [1.82, 2.24) is 4.98 Å². The maximum Gasteiger partial charge on any atom is 0.490 e. The summed E-state index contributed by atoms with van der Waals surface area (Å²) in [4.78, 5) is 31.5. The molecule has 0 fully saturated rings. The summed E-state index contributed by atoms with van der Waals surface area (Å²) < 4.78 is 75.8. The Bertz CT molecular complexity index is 607. The standard InChI is InChI=1S/C8H9FN2O2.2C2HF3O2/c9-7-2-1-5(4-11-7)3-6(10)8(12)13;2*3-2(4,5)1(6)7/h1-2,4,6H,3,10H2,(H,12,13);2*(H,6,7). The first-order valence-corrected chi connectivity index (χ1v) is 6.17. The number of halogens is 7. The van der Waals surface area contributed by atoms with Crippen LogP contribution in [-0.2, 0) is 20.8 Å². The van der Waals surface area contributed by atoms with E-state index in [4.69, 9.17) is 30.6 Å². The van der Waals surface area contributed by atoms with Gasteiger partial charge in [-0.05, 0) is 18.1 Å². The highest BCUT2D eigenvalue weighted by molar-refractivity contribution is 5.73. The van der Waals surface area contributed by atoms with Gasteiger partial charge in [0, 0.05) is 6.20 Å². The molecule has 0 saturated carbocycles. The molecule has 154 valence electrons. The maximum absolute atomic E-state index is 12.3. The van der Waals surface area contributed by atoms with Crippen LogP contribution < -0.4 is 5.73 Å². The SMILES string of the molecule is NC(Cc1ccc(F)nc1)C(=O)O.O=C(O)C(F)(F)F.O=C(O)C(F)(F)F. The fourth-order valence-electron chi connectivity index (χ4n) is 0.868. The summed E-state index contributed by atoms with van der Waals surface area (Å²) in [7, 11) is 0. The van der Waals surface area contributed by atoms with Gasteiger partial charge in [-0.2, -0.15) is 30.7 Å². The van der Waals surface area contributed by atoms with Crippen LogP contribution in [0.2, 0.25) is 0 Å². The van der Waals surface area contributed by atoms with E-state index in [0.29, 0.717) is 5.56 Å². The predicted molar refractivity (Wildman–Crippen MR) is 70.9 cm³/mol. The molecule has 0 amide bonds. The summed E-state index contributed by atoms with van der Waals surface area (Å²) in [5.74, 6) is -7.18. The average molecular weight is 412 g/mol. The number of carboxylic acids is 3. The van der Waals surface area contributed by atoms with Gasteiger partial charge >= 0.3 is 30.3 Å². The zero-order valence-electron chi connectivity index (χ0n) is 12.8. The predicted octanol–water partition coefficient (Wildman–Crippen LogP) is 1.44. The summed E-state index contributed by atoms with van der Waals surface area (Å²) >= 11 is 0. The summed E-state index contributed by atoms with van der Waals surface area (Å²) in [6, 6.07) is 1.67. The maximum atomic E-state index is 12.3. The first-order valence-electron chi connectivity index (χ1n) is 6.17. The van der Waals surface area contributed by atoms with Crippen LogP contribution in [0.5, 0.6) is 0 Å². The fraction of sp³-hybridized carbons (Fsp3) is 0.333. The molecule has 0 saturated heterocycles. The van der Waals surface area contributed by atoms with Gasteiger partial charge < -0.3 is 21.1 Å². The number of hydrogen-bond acceptors (Lipinski definition) is 5. The third kappa shape index (κ3) is 13.9. The number of hydrogen-bond donors (Lipinski definition) is 4. The molecule has 0 radical (unpaired) electrons. The summed E-state index contributed by atoms with van der Waals surface area (Å²) in [5, 5.41) is 22.7. The van der Waals surface area contributed by atoms with Crippen LogP contribution in [-0.4, -0.2) is 56.6 Å². The molecule has 0 aliphatic heterocycles. The van der Waals surface area contributed by atoms with Crippen molar-refractivity contribution in [2.45, 2.75) is 24.8 Å². The molecule has 1 heterocycles. The van der Waals surface area contributed by atoms with E-state index in [-0.39, 0.29) is 6.42 Å². The zero-order chi connectivity index (χ0) is 22.0. The lowest BCUT2D eigenvalue weighted by Crippen LogP contribution is -2.32. The second-order valence-corrected chi connectivity index (χ2v) is 4.24. The van der Waals surface area contributed by atoms with Crippen LogP contribution in [0.4, 0.5) is 30.7 Å². The van der Waals surface area contributed by atoms with Gasteiger partial charge in [0.05, 0.1) is 0 Å². The second-order valence-electron chi connectivity index (χ2n) is 4.24. The van der Waals surface area contributed by atoms with Gasteiger partial charge in [-0.1, -0.05) is 6.07 Å². The molecule has 0 aliphatic rings. The van der Waals surface area contributed by atoms with Gasteiger partial charge in [-0.25, -0.2) is 14.6 Å². The molecule has 0 aliphatic carbocycles. The fourth-order valence-corrected chi connectivity index (χ4v) is 0.868. The van der Waals surface area contributed by atoms with E-state index < -0.39 is 42.3 Å². The Labute approximate surface area is 145 Å². The van der Waals surface area contributed by atoms with Gasteiger partial charge in [0.1, 0.15) is 6.04 Å². The van der Waals surface area contributed by atoms with E-state index in [1.165, 1.54) is 18.3 Å². The Balaban J connectivity index is 0. The topological polar surface area (TPSA) is 151 Å². The molecular weight excluding hydrogens is 401 g/mol. The molecule has 1 unspecified atom stereocenters. The van der Waals surface area contributed by atoms with Crippen LogP contribution in [0.1, 0.15) is 5.56 Å². The molecule has 0 aromatic carbocycles. The minimum Gasteiger partial charge on any atom is -0.480 e. The van der Waals surface area contributed by atoms with Crippen molar-refractivity contribution in [3.05, 3.63) is 29.8 Å². The molecule has 27 heavy (non-hydrogen) atoms. The van der Waals surface area contributed by atoms with Crippen molar-refractivity contribution in [2.75, 3.05) is 0 Å². The minimum atomic E-state index is -5.08. The quantitative estimate of drug-likeness (QED) is 0.430. The molecule has 1 rings (SSSR count). The Morgan fingerprint density at radius 2 is 1.33 bits per heavy atom. The van der Waals surface area contributed by atoms with E-state index in [1.807, 2.05) is 0 Å². The summed E-state index contributed by atoms with van der Waals surface area (Å²) in [6.07, 6.45) is -8.74. The van der Waals surface area contributed by atoms with E-state index in [9.17, 15) is 35.5 Å². The monoisotopic (exact) mass is 412 g/mol. The highest BCUT2D eigenvalue weighted by atomic mass is 19.4. The largest absolute Gasteiger partial charge is 0.490 e. The lowest BCUT2D eigenvalue weighted by Gasteiger charge is -2.04. The number of aliphatic carboxylic acids is 3. The number of nitrogens with zero attached hydrogens (tertiary/aromatic N) is 1. The Morgan fingerprint density at radius 1 is 0.963 bits per heavy atom. The summed E-state index contributed by atoms with van der Waals surface area (Å²) in [6.45, 7) is 0. The Kier molecular flexibility index (Phi) is 10.6. The van der Waals surface area contributed by atoms with E-state index in [2.05, 4.69) is 4.98 Å². The van der Waals surface area contributed by atoms with Gasteiger partial charge in [0.15, 0.2) is 0 Å². The highest BCUT2D eigenvalue weighted by Gasteiger charge is 2.38. The lowest BCUT2D eigenvalue weighted by molar-refractivity contribution is -0.193. The van der Waals surface area contributed by atoms with Crippen LogP contribution >= 0.6 is 0 Å². The molecule has 0 bridgehead atoms. The van der Waals surface area contributed by atoms with E-state index in [1.54, 1.807) is 0 Å². The Morgan fingerprint density at radius 3 is 1.56 bits per heavy atom. The second kappa shape index (κ2) is 10.9. The molecule has 1 aromatic rings. The van der Waals surface area contributed by atoms with Crippen molar-refractivity contribution in [1.29, 1.82) is 0 Å². The van der Waals surface area contributed by atoms with Gasteiger partial charge in [-0.15, -0.1) is 0 Å². The van der Waals surface area contributed by atoms with Crippen LogP contribution in [0.25, 0.3) is 0 Å². The smallest absolute Gasteiger partial charge is 0.480 e. The molecule has 5 N–H and O–H groups in total. The van der Waals surface area contributed by atoms with Crippen molar-refractivity contribution in [3.8, 4) is 0 Å². The third-order valence-corrected chi connectivity index (χ3v) is 2.05. The number of rotatable bonds is 3. The number of carboxylic acid groups (broad SMARTS) is 3. The molecule has 15 heteroatoms. The molecule has 8 nitrogen and oxygen atoms in total. The molecule has 0 spiro atoms. The number of pyridine rings is 1. The van der Waals surface area contributed by atoms with E-state index >= 15 is 0 Å². The van der Waals surface area contributed by atoms with E-state index in [0.717, 1.165) is 0 Å². The van der Waals surface area contributed by atoms with Crippen LogP contribution in [0, 0.1) is 5.95 Å². The van der Waals surface area contributed by atoms with Crippen molar-refractivity contribution in [3.63, 3.8) is 0 Å². The van der Waals surface area contributed by atoms with Gasteiger partial charge in [0.2, 0.25) is 5.95 Å². The Hall–Kier alpha value is -2.97. The number of carbonyl (C=O) groups is 3. The van der Waals surface area contributed by atoms with Gasteiger partial charge in [-0.3, -0.25) is 4.79 Å². The van der Waals surface area contributed by atoms with Gasteiger partial charge in [0.25, 0.3) is 0 Å². The number of alkyl halides is 6. The van der Waals surface area contributed by atoms with Crippen molar-refractivity contribution < 1.29 is 60.4 Å². The highest BCUT2D eigenvalue weighted by Crippen LogP contribution is 2.13. The first-order chi connectivity index (χ1) is 12.0. The molecular formula is C12H11F7N2O6. The zero-order valence-corrected chi connectivity index (χ0v) is 12.8. The minimum absolute atomic E-state index is 0.155. The first kappa shape index (κ1) is 26.3. The van der Waals surface area contributed by atoms with Crippen LogP contribution in [0.3, 0.4) is 0 Å². The van der Waals surface area contributed by atoms with Crippen LogP contribution in [0.15, 0.2) is 18.3 Å². The van der Waals surface area contributed by atoms with Crippen molar-refractivity contribution in [2.24, 2.45) is 5.73 Å².